The smallest absolute Gasteiger partial charge is 0.387 e. The zero-order valence-electron chi connectivity index (χ0n) is 12.8. The first-order valence-electron chi connectivity index (χ1n) is 7.38. The average molecular weight is 328 g/mol. The monoisotopic (exact) mass is 328 g/mol. The largest absolute Gasteiger partial charge is 0.435 e. The maximum atomic E-state index is 12.0. The van der Waals surface area contributed by atoms with Crippen LogP contribution in [0.25, 0.3) is 0 Å². The van der Waals surface area contributed by atoms with Gasteiger partial charge in [0, 0.05) is 11.7 Å². The summed E-state index contributed by atoms with van der Waals surface area (Å²) in [5, 5.41) is 5.51. The molecule has 1 aliphatic rings. The summed E-state index contributed by atoms with van der Waals surface area (Å²) < 4.78 is 28.3. The Hall–Kier alpha value is -2.22. The first-order chi connectivity index (χ1) is 10.9. The predicted octanol–water partition coefficient (Wildman–Crippen LogP) is 0.0198. The molecule has 0 saturated heterocycles. The lowest BCUT2D eigenvalue weighted by atomic mass is 10.3. The summed E-state index contributed by atoms with van der Waals surface area (Å²) in [4.78, 5) is 24.3. The number of nitrogens with one attached hydrogen (secondary N) is 3. The molecule has 0 heterocycles. The fraction of sp³-hybridized carbons (Fsp3) is 0.467. The average Bonchev–Trinajstić information content (AvgIpc) is 3.23. The van der Waals surface area contributed by atoms with Gasteiger partial charge in [-0.05, 0) is 37.1 Å². The lowest BCUT2D eigenvalue weighted by molar-refractivity contribution is -0.862. The number of alkyl halides is 2. The molecule has 1 fully saturated rings. The number of rotatable bonds is 8. The quantitative estimate of drug-likeness (QED) is 0.630. The number of ether oxygens (including phenoxy) is 1. The molecule has 0 bridgehead atoms. The van der Waals surface area contributed by atoms with Crippen molar-refractivity contribution in [2.24, 2.45) is 0 Å². The first kappa shape index (κ1) is 17.1. The van der Waals surface area contributed by atoms with Crippen molar-refractivity contribution in [1.29, 1.82) is 0 Å². The van der Waals surface area contributed by atoms with Crippen molar-refractivity contribution in [1.82, 2.24) is 5.32 Å². The van der Waals surface area contributed by atoms with E-state index in [0.717, 1.165) is 17.7 Å². The van der Waals surface area contributed by atoms with E-state index < -0.39 is 6.61 Å². The third-order valence-corrected chi connectivity index (χ3v) is 3.23. The Kier molecular flexibility index (Phi) is 5.86. The van der Waals surface area contributed by atoms with E-state index in [1.165, 1.54) is 24.3 Å². The summed E-state index contributed by atoms with van der Waals surface area (Å²) in [6.45, 7) is -2.52. The van der Waals surface area contributed by atoms with E-state index in [-0.39, 0.29) is 30.7 Å². The highest BCUT2D eigenvalue weighted by Crippen LogP contribution is 2.18. The van der Waals surface area contributed by atoms with E-state index in [1.807, 2.05) is 0 Å². The first-order valence-corrected chi connectivity index (χ1v) is 7.38. The Balaban J connectivity index is 1.73. The topological polar surface area (TPSA) is 71.9 Å². The van der Waals surface area contributed by atoms with Crippen LogP contribution in [0.4, 0.5) is 14.5 Å². The van der Waals surface area contributed by atoms with Gasteiger partial charge in [0.05, 0.1) is 7.05 Å². The van der Waals surface area contributed by atoms with Gasteiger partial charge in [0.2, 0.25) is 0 Å². The molecule has 0 aromatic heterocycles. The molecule has 0 radical (unpaired) electrons. The van der Waals surface area contributed by atoms with Gasteiger partial charge in [-0.3, -0.25) is 9.59 Å². The van der Waals surface area contributed by atoms with E-state index in [0.29, 0.717) is 11.7 Å². The molecule has 1 aliphatic carbocycles. The van der Waals surface area contributed by atoms with E-state index in [9.17, 15) is 18.4 Å². The van der Waals surface area contributed by atoms with E-state index >= 15 is 0 Å². The summed E-state index contributed by atoms with van der Waals surface area (Å²) in [6.07, 6.45) is 2.05. The molecule has 8 heteroatoms. The zero-order valence-corrected chi connectivity index (χ0v) is 12.8. The standard InChI is InChI=1S/C15H19F2N3O3/c1-20(8-13(21)18-10-2-3-10)9-14(22)19-11-4-6-12(7-5-11)23-15(16)17/h4-7,10,15H,2-3,8-9H2,1H3,(H,18,21)(H,19,22)/p+1. The molecule has 6 nitrogen and oxygen atoms in total. The van der Waals surface area contributed by atoms with Gasteiger partial charge in [0.25, 0.3) is 11.8 Å². The molecule has 1 unspecified atom stereocenters. The number of halogens is 2. The molecule has 126 valence electrons. The molecule has 1 aromatic carbocycles. The van der Waals surface area contributed by atoms with Crippen LogP contribution in [0, 0.1) is 0 Å². The molecular weight excluding hydrogens is 308 g/mol. The van der Waals surface area contributed by atoms with Crippen LogP contribution in [0.15, 0.2) is 24.3 Å². The van der Waals surface area contributed by atoms with Crippen LogP contribution in [0.5, 0.6) is 5.75 Å². The SMILES string of the molecule is C[NH+](CC(=O)Nc1ccc(OC(F)F)cc1)CC(=O)NC1CC1. The summed E-state index contributed by atoms with van der Waals surface area (Å²) in [6, 6.07) is 5.95. The normalized spacial score (nSPS) is 15.1. The van der Waals surface area contributed by atoms with Gasteiger partial charge < -0.3 is 20.3 Å². The summed E-state index contributed by atoms with van der Waals surface area (Å²) in [7, 11) is 1.76. The fourth-order valence-electron chi connectivity index (χ4n) is 2.04. The summed E-state index contributed by atoms with van der Waals surface area (Å²) >= 11 is 0. The predicted molar refractivity (Wildman–Crippen MR) is 79.5 cm³/mol. The van der Waals surface area contributed by atoms with Crippen LogP contribution < -0.4 is 20.3 Å². The van der Waals surface area contributed by atoms with E-state index in [4.69, 9.17) is 0 Å². The van der Waals surface area contributed by atoms with Gasteiger partial charge in [0.1, 0.15) is 5.75 Å². The van der Waals surface area contributed by atoms with Crippen LogP contribution in [-0.4, -0.2) is 44.6 Å². The van der Waals surface area contributed by atoms with E-state index in [2.05, 4.69) is 15.4 Å². The van der Waals surface area contributed by atoms with Gasteiger partial charge in [-0.2, -0.15) is 8.78 Å². The highest BCUT2D eigenvalue weighted by molar-refractivity contribution is 5.91. The van der Waals surface area contributed by atoms with Gasteiger partial charge in [-0.1, -0.05) is 0 Å². The van der Waals surface area contributed by atoms with Crippen LogP contribution in [0.1, 0.15) is 12.8 Å². The second kappa shape index (κ2) is 7.87. The number of carbonyl (C=O) groups excluding carboxylic acids is 2. The fourth-order valence-corrected chi connectivity index (χ4v) is 2.04. The number of likely N-dealkylation sites (N-methyl/N-ethyl adjacent to an activating group) is 1. The van der Waals surface area contributed by atoms with Crippen LogP contribution in [0.2, 0.25) is 0 Å². The van der Waals surface area contributed by atoms with Gasteiger partial charge in [-0.25, -0.2) is 0 Å². The number of quaternary nitrogens is 1. The summed E-state index contributed by atoms with van der Waals surface area (Å²) in [5.41, 5.74) is 0.479. The van der Waals surface area contributed by atoms with E-state index in [1.54, 1.807) is 7.05 Å². The van der Waals surface area contributed by atoms with Crippen molar-refractivity contribution < 1.29 is 28.0 Å². The number of benzene rings is 1. The molecule has 3 N–H and O–H groups in total. The second-order valence-corrected chi connectivity index (χ2v) is 5.60. The Morgan fingerprint density at radius 2 is 1.83 bits per heavy atom. The second-order valence-electron chi connectivity index (χ2n) is 5.60. The molecule has 23 heavy (non-hydrogen) atoms. The minimum Gasteiger partial charge on any atom is -0.435 e. The van der Waals surface area contributed by atoms with Crippen LogP contribution in [-0.2, 0) is 9.59 Å². The minimum atomic E-state index is -2.88. The lowest BCUT2D eigenvalue weighted by Gasteiger charge is -2.13. The Morgan fingerprint density at radius 3 is 2.39 bits per heavy atom. The molecule has 0 spiro atoms. The Labute approximate surface area is 132 Å². The maximum absolute atomic E-state index is 12.0. The number of anilines is 1. The van der Waals surface area contributed by atoms with Crippen molar-refractivity contribution in [2.45, 2.75) is 25.5 Å². The third-order valence-electron chi connectivity index (χ3n) is 3.23. The maximum Gasteiger partial charge on any atom is 0.387 e. The minimum absolute atomic E-state index is 0.0255. The van der Waals surface area contributed by atoms with Gasteiger partial charge in [-0.15, -0.1) is 0 Å². The molecular formula is C15H20F2N3O3+. The van der Waals surface area contributed by atoms with Crippen LogP contribution in [0.3, 0.4) is 0 Å². The number of hydrogen-bond donors (Lipinski definition) is 3. The third kappa shape index (κ3) is 6.60. The highest BCUT2D eigenvalue weighted by Gasteiger charge is 2.24. The van der Waals surface area contributed by atoms with Crippen molar-refractivity contribution in [3.63, 3.8) is 0 Å². The molecule has 1 atom stereocenters. The number of carbonyl (C=O) groups is 2. The van der Waals surface area contributed by atoms with Crippen molar-refractivity contribution in [2.75, 3.05) is 25.5 Å². The Morgan fingerprint density at radius 1 is 1.22 bits per heavy atom. The molecule has 1 aromatic rings. The van der Waals surface area contributed by atoms with Crippen molar-refractivity contribution >= 4 is 17.5 Å². The Bertz CT molecular complexity index is 547. The number of amides is 2. The van der Waals surface area contributed by atoms with Gasteiger partial charge in [0.15, 0.2) is 13.1 Å². The van der Waals surface area contributed by atoms with Crippen molar-refractivity contribution in [3.8, 4) is 5.75 Å². The molecule has 2 amide bonds. The molecule has 0 aliphatic heterocycles. The summed E-state index contributed by atoms with van der Waals surface area (Å²) in [5.74, 6) is -0.298. The number of hydrogen-bond acceptors (Lipinski definition) is 3. The van der Waals surface area contributed by atoms with Crippen LogP contribution >= 0.6 is 0 Å². The lowest BCUT2D eigenvalue weighted by Crippen LogP contribution is -3.11. The van der Waals surface area contributed by atoms with Gasteiger partial charge >= 0.3 is 6.61 Å². The zero-order chi connectivity index (χ0) is 16.8. The van der Waals surface area contributed by atoms with Crippen molar-refractivity contribution in [3.05, 3.63) is 24.3 Å². The highest BCUT2D eigenvalue weighted by atomic mass is 19.3. The molecule has 1 saturated carbocycles. The molecule has 2 rings (SSSR count).